The number of benzene rings is 2. The van der Waals surface area contributed by atoms with Gasteiger partial charge in [-0.05, 0) is 48.9 Å². The number of aromatic nitrogens is 1. The molecule has 31 heavy (non-hydrogen) atoms. The quantitative estimate of drug-likeness (QED) is 0.562. The Labute approximate surface area is 178 Å². The largest absolute Gasteiger partial charge is 0.357 e. The van der Waals surface area contributed by atoms with Crippen LogP contribution in [-0.2, 0) is 6.67 Å². The summed E-state index contributed by atoms with van der Waals surface area (Å²) >= 11 is 0. The number of alkyl halides is 1. The van der Waals surface area contributed by atoms with Crippen molar-refractivity contribution < 1.29 is 18.5 Å². The second-order valence-corrected chi connectivity index (χ2v) is 7.37. The number of carbonyl (C=O) groups excluding carboxylic acids is 2. The predicted molar refractivity (Wildman–Crippen MR) is 115 cm³/mol. The van der Waals surface area contributed by atoms with Gasteiger partial charge < -0.3 is 20.1 Å². The van der Waals surface area contributed by atoms with Gasteiger partial charge in [0.1, 0.15) is 6.67 Å². The van der Waals surface area contributed by atoms with Crippen LogP contribution in [0.4, 0.5) is 21.5 Å². The van der Waals surface area contributed by atoms with Crippen molar-refractivity contribution in [2.75, 3.05) is 28.7 Å². The molecule has 4 rings (SSSR count). The number of hydrogen-bond acceptors (Lipinski definition) is 6. The SMILES string of the molecule is CC1CN(c2cc(CF)cc(C(=O)Nc3cccc(NC(=O)c4ccno4)c3)c2)CN1. The first kappa shape index (κ1) is 20.5. The Bertz CT molecular complexity index is 1090. The van der Waals surface area contributed by atoms with Crippen LogP contribution in [0, 0.1) is 0 Å². The Hall–Kier alpha value is -3.72. The fraction of sp³-hybridized carbons (Fsp3) is 0.227. The van der Waals surface area contributed by atoms with Crippen molar-refractivity contribution in [3.63, 3.8) is 0 Å². The van der Waals surface area contributed by atoms with E-state index in [1.165, 1.54) is 12.3 Å². The van der Waals surface area contributed by atoms with Gasteiger partial charge in [0.05, 0.1) is 12.9 Å². The maximum absolute atomic E-state index is 13.4. The first-order valence-electron chi connectivity index (χ1n) is 9.83. The van der Waals surface area contributed by atoms with Gasteiger partial charge in [-0.2, -0.15) is 0 Å². The van der Waals surface area contributed by atoms with Crippen molar-refractivity contribution >= 4 is 28.9 Å². The van der Waals surface area contributed by atoms with Crippen LogP contribution in [0.15, 0.2) is 59.3 Å². The fourth-order valence-corrected chi connectivity index (χ4v) is 3.39. The molecule has 1 atom stereocenters. The van der Waals surface area contributed by atoms with Gasteiger partial charge in [-0.3, -0.25) is 14.9 Å². The zero-order valence-electron chi connectivity index (χ0n) is 16.9. The van der Waals surface area contributed by atoms with E-state index in [-0.39, 0.29) is 11.7 Å². The third-order valence-electron chi connectivity index (χ3n) is 4.92. The normalized spacial score (nSPS) is 15.7. The first-order valence-corrected chi connectivity index (χ1v) is 9.83. The molecule has 1 aliphatic heterocycles. The number of carbonyl (C=O) groups is 2. The molecule has 0 spiro atoms. The van der Waals surface area contributed by atoms with Crippen LogP contribution in [0.3, 0.4) is 0 Å². The standard InChI is InChI=1S/C22H22FN5O3/c1-14-12-28(13-24-14)19-8-15(11-23)7-16(9-19)21(29)26-17-3-2-4-18(10-17)27-22(30)20-5-6-25-31-20/h2-10,14,24H,11-13H2,1H3,(H,26,29)(H,27,30). The van der Waals surface area contributed by atoms with E-state index in [1.54, 1.807) is 42.5 Å². The Morgan fingerprint density at radius 1 is 1.16 bits per heavy atom. The van der Waals surface area contributed by atoms with Gasteiger partial charge in [0, 0.05) is 41.3 Å². The molecule has 0 saturated carbocycles. The summed E-state index contributed by atoms with van der Waals surface area (Å²) in [6.45, 7) is 2.84. The Morgan fingerprint density at radius 2 is 1.94 bits per heavy atom. The first-order chi connectivity index (χ1) is 15.0. The van der Waals surface area contributed by atoms with Crippen molar-refractivity contribution in [1.29, 1.82) is 0 Å². The molecule has 1 aliphatic rings. The monoisotopic (exact) mass is 423 g/mol. The molecule has 0 aliphatic carbocycles. The van der Waals surface area contributed by atoms with Gasteiger partial charge in [0.25, 0.3) is 11.8 Å². The summed E-state index contributed by atoms with van der Waals surface area (Å²) in [5.74, 6) is -0.735. The average Bonchev–Trinajstić information content (AvgIpc) is 3.46. The van der Waals surface area contributed by atoms with Gasteiger partial charge >= 0.3 is 0 Å². The number of amides is 2. The molecule has 2 amide bonds. The van der Waals surface area contributed by atoms with E-state index in [0.717, 1.165) is 12.2 Å². The van der Waals surface area contributed by atoms with Gasteiger partial charge in [-0.15, -0.1) is 0 Å². The van der Waals surface area contributed by atoms with Crippen LogP contribution < -0.4 is 20.9 Å². The molecule has 160 valence electrons. The van der Waals surface area contributed by atoms with E-state index in [4.69, 9.17) is 4.52 Å². The summed E-state index contributed by atoms with van der Waals surface area (Å²) in [5, 5.41) is 12.3. The molecule has 8 nitrogen and oxygen atoms in total. The van der Waals surface area contributed by atoms with Crippen LogP contribution >= 0.6 is 0 Å². The van der Waals surface area contributed by atoms with E-state index < -0.39 is 12.6 Å². The molecular formula is C22H22FN5O3. The number of anilines is 3. The van der Waals surface area contributed by atoms with Gasteiger partial charge in [0.15, 0.2) is 0 Å². The van der Waals surface area contributed by atoms with Crippen molar-refractivity contribution in [2.24, 2.45) is 0 Å². The lowest BCUT2D eigenvalue weighted by Crippen LogP contribution is -2.22. The number of nitrogens with one attached hydrogen (secondary N) is 3. The Kier molecular flexibility index (Phi) is 5.94. The summed E-state index contributed by atoms with van der Waals surface area (Å²) in [6.07, 6.45) is 1.38. The Balaban J connectivity index is 1.49. The highest BCUT2D eigenvalue weighted by Crippen LogP contribution is 2.23. The highest BCUT2D eigenvalue weighted by molar-refractivity contribution is 6.06. The molecule has 0 bridgehead atoms. The summed E-state index contributed by atoms with van der Waals surface area (Å²) < 4.78 is 18.2. The van der Waals surface area contributed by atoms with Crippen molar-refractivity contribution in [3.05, 3.63) is 71.6 Å². The number of halogens is 1. The summed E-state index contributed by atoms with van der Waals surface area (Å²) in [7, 11) is 0. The van der Waals surface area contributed by atoms with Crippen LogP contribution in [0.25, 0.3) is 0 Å². The summed E-state index contributed by atoms with van der Waals surface area (Å²) in [5.41, 5.74) is 2.57. The predicted octanol–water partition coefficient (Wildman–Crippen LogP) is 3.40. The van der Waals surface area contributed by atoms with E-state index in [9.17, 15) is 14.0 Å². The zero-order chi connectivity index (χ0) is 21.8. The summed E-state index contributed by atoms with van der Waals surface area (Å²) in [6, 6.07) is 13.5. The van der Waals surface area contributed by atoms with E-state index in [0.29, 0.717) is 35.2 Å². The topological polar surface area (TPSA) is 99.5 Å². The molecular weight excluding hydrogens is 401 g/mol. The van der Waals surface area contributed by atoms with Crippen LogP contribution in [0.1, 0.15) is 33.4 Å². The van der Waals surface area contributed by atoms with Crippen molar-refractivity contribution in [2.45, 2.75) is 19.6 Å². The smallest absolute Gasteiger partial charge is 0.294 e. The second-order valence-electron chi connectivity index (χ2n) is 7.37. The van der Waals surface area contributed by atoms with Crippen LogP contribution in [0.2, 0.25) is 0 Å². The lowest BCUT2D eigenvalue weighted by Gasteiger charge is -2.19. The lowest BCUT2D eigenvalue weighted by atomic mass is 10.1. The van der Waals surface area contributed by atoms with E-state index in [2.05, 4.69) is 32.9 Å². The number of rotatable bonds is 6. The number of nitrogens with zero attached hydrogens (tertiary/aromatic N) is 2. The molecule has 1 fully saturated rings. The molecule has 3 N–H and O–H groups in total. The van der Waals surface area contributed by atoms with Gasteiger partial charge in [-0.25, -0.2) is 4.39 Å². The highest BCUT2D eigenvalue weighted by atomic mass is 19.1. The minimum absolute atomic E-state index is 0.0794. The van der Waals surface area contributed by atoms with Crippen LogP contribution in [0.5, 0.6) is 0 Å². The average molecular weight is 423 g/mol. The number of hydrogen-bond donors (Lipinski definition) is 3. The maximum atomic E-state index is 13.4. The van der Waals surface area contributed by atoms with Crippen molar-refractivity contribution in [1.82, 2.24) is 10.5 Å². The van der Waals surface area contributed by atoms with Crippen molar-refractivity contribution in [3.8, 4) is 0 Å². The van der Waals surface area contributed by atoms with Gasteiger partial charge in [-0.1, -0.05) is 11.2 Å². The molecule has 9 heteroatoms. The minimum atomic E-state index is -0.659. The van der Waals surface area contributed by atoms with E-state index in [1.807, 2.05) is 0 Å². The lowest BCUT2D eigenvalue weighted by molar-refractivity contribution is 0.0986. The van der Waals surface area contributed by atoms with Gasteiger partial charge in [0.2, 0.25) is 5.76 Å². The molecule has 2 aromatic carbocycles. The molecule has 2 heterocycles. The zero-order valence-corrected chi connectivity index (χ0v) is 16.9. The van der Waals surface area contributed by atoms with E-state index >= 15 is 0 Å². The molecule has 1 unspecified atom stereocenters. The molecule has 0 radical (unpaired) electrons. The second kappa shape index (κ2) is 8.97. The molecule has 1 aromatic heterocycles. The van der Waals surface area contributed by atoms with Crippen LogP contribution in [-0.4, -0.2) is 36.2 Å². The maximum Gasteiger partial charge on any atom is 0.294 e. The molecule has 1 saturated heterocycles. The summed E-state index contributed by atoms with van der Waals surface area (Å²) in [4.78, 5) is 27.0. The Morgan fingerprint density at radius 3 is 2.58 bits per heavy atom. The fourth-order valence-electron chi connectivity index (χ4n) is 3.39. The highest BCUT2D eigenvalue weighted by Gasteiger charge is 2.20. The molecule has 3 aromatic rings. The third-order valence-corrected chi connectivity index (χ3v) is 4.92. The minimum Gasteiger partial charge on any atom is -0.357 e. The third kappa shape index (κ3) is 4.89.